The van der Waals surface area contributed by atoms with E-state index in [0.717, 1.165) is 12.4 Å². The predicted molar refractivity (Wildman–Crippen MR) is 118 cm³/mol. The highest BCUT2D eigenvalue weighted by atomic mass is 19.4. The fraction of sp³-hybridized carbons (Fsp3) is 0.450. The molecule has 10 nitrogen and oxygen atoms in total. The summed E-state index contributed by atoms with van der Waals surface area (Å²) in [5.41, 5.74) is -2.89. The van der Waals surface area contributed by atoms with Crippen LogP contribution in [0.4, 0.5) is 37.0 Å². The van der Waals surface area contributed by atoms with E-state index >= 15 is 0 Å². The molecule has 0 aromatic carbocycles. The number of pyridine rings is 1. The molecule has 0 aliphatic carbocycles. The van der Waals surface area contributed by atoms with E-state index in [1.54, 1.807) is 12.1 Å². The molecule has 4 N–H and O–H groups in total. The van der Waals surface area contributed by atoms with E-state index in [-0.39, 0.29) is 18.1 Å². The molecule has 3 rings (SSSR count). The number of hydrogen-bond donors (Lipinski definition) is 4. The first kappa shape index (κ1) is 27.1. The molecule has 1 amide bonds. The lowest BCUT2D eigenvalue weighted by molar-refractivity contribution is -0.191. The molecule has 1 aromatic rings. The number of amidine groups is 2. The number of carbonyl (C=O) groups is 1. The predicted octanol–water partition coefficient (Wildman–Crippen LogP) is 3.43. The third-order valence-corrected chi connectivity index (χ3v) is 5.01. The number of alkyl halides is 6. The van der Waals surface area contributed by atoms with E-state index in [1.165, 1.54) is 19.2 Å². The van der Waals surface area contributed by atoms with Crippen molar-refractivity contribution in [3.8, 4) is 0 Å². The number of amides is 1. The van der Waals surface area contributed by atoms with Gasteiger partial charge in [-0.2, -0.15) is 31.3 Å². The van der Waals surface area contributed by atoms with E-state index in [1.807, 2.05) is 5.32 Å². The highest BCUT2D eigenvalue weighted by molar-refractivity contribution is 6.03. The zero-order chi connectivity index (χ0) is 26.6. The largest absolute Gasteiger partial charge is 0.420 e. The van der Waals surface area contributed by atoms with Gasteiger partial charge in [-0.3, -0.25) is 15.6 Å². The van der Waals surface area contributed by atoms with Gasteiger partial charge in [-0.15, -0.1) is 0 Å². The highest BCUT2D eigenvalue weighted by Gasteiger charge is 2.58. The standard InChI is InChI=1S/C20H22F6N8O2/c1-3-13-29-15(36-16(35)30-14-6-4-5-9-28-14)33-20(32-13,31-12(2)18(21,22)23)34-17(19(24,25)26)7-10-27-11-8-17/h4-7,9-12,31,34H,3,8H2,1-2H3,(H,28,30,35)(H,29,32,33). The van der Waals surface area contributed by atoms with Crippen LogP contribution in [0.1, 0.15) is 26.7 Å². The second kappa shape index (κ2) is 10.2. The molecule has 3 atom stereocenters. The van der Waals surface area contributed by atoms with E-state index in [0.29, 0.717) is 13.0 Å². The van der Waals surface area contributed by atoms with Crippen molar-refractivity contribution < 1.29 is 35.9 Å². The van der Waals surface area contributed by atoms with Crippen LogP contribution in [0.2, 0.25) is 0 Å². The molecule has 2 aliphatic rings. The number of nitrogens with one attached hydrogen (secondary N) is 4. The van der Waals surface area contributed by atoms with E-state index in [2.05, 4.69) is 35.9 Å². The number of ether oxygens (including phenoxy) is 1. The third-order valence-electron chi connectivity index (χ3n) is 5.01. The quantitative estimate of drug-likeness (QED) is 0.337. The van der Waals surface area contributed by atoms with Crippen LogP contribution < -0.4 is 21.3 Å². The number of rotatable bonds is 6. The third kappa shape index (κ3) is 6.37. The smallest absolute Gasteiger partial charge is 0.375 e. The van der Waals surface area contributed by atoms with Gasteiger partial charge in [-0.05, 0) is 25.1 Å². The van der Waals surface area contributed by atoms with Crippen molar-refractivity contribution in [1.82, 2.24) is 20.9 Å². The van der Waals surface area contributed by atoms with Crippen LogP contribution in [0.15, 0.2) is 51.6 Å². The van der Waals surface area contributed by atoms with Gasteiger partial charge in [-0.1, -0.05) is 13.0 Å². The molecular weight excluding hydrogens is 498 g/mol. The first-order chi connectivity index (χ1) is 16.8. The van der Waals surface area contributed by atoms with E-state index < -0.39 is 48.4 Å². The Morgan fingerprint density at radius 3 is 2.53 bits per heavy atom. The van der Waals surface area contributed by atoms with Crippen LogP contribution >= 0.6 is 0 Å². The minimum absolute atomic E-state index is 0.0199. The molecule has 0 spiro atoms. The van der Waals surface area contributed by atoms with Crippen molar-refractivity contribution in [1.29, 1.82) is 0 Å². The van der Waals surface area contributed by atoms with Gasteiger partial charge in [0.15, 0.2) is 0 Å². The molecular formula is C20H22F6N8O2. The molecule has 2 aliphatic heterocycles. The van der Waals surface area contributed by atoms with Gasteiger partial charge in [-0.25, -0.2) is 25.4 Å². The maximum Gasteiger partial charge on any atom is 0.420 e. The van der Waals surface area contributed by atoms with Gasteiger partial charge in [0.05, 0.1) is 0 Å². The van der Waals surface area contributed by atoms with Crippen molar-refractivity contribution in [2.24, 2.45) is 15.0 Å². The molecule has 196 valence electrons. The average Bonchev–Trinajstić information content (AvgIpc) is 2.78. The monoisotopic (exact) mass is 520 g/mol. The molecule has 0 saturated heterocycles. The van der Waals surface area contributed by atoms with Crippen molar-refractivity contribution in [3.63, 3.8) is 0 Å². The lowest BCUT2D eigenvalue weighted by atomic mass is 9.93. The SMILES string of the molecule is CCC1=NC(NC(C)C(F)(F)F)(NC2(C(F)(F)F)C=CN=CC2)N=C(OC(=O)Nc2ccccn2)N1. The Bertz CT molecular complexity index is 1070. The average molecular weight is 520 g/mol. The van der Waals surface area contributed by atoms with Crippen molar-refractivity contribution in [2.75, 3.05) is 5.32 Å². The van der Waals surface area contributed by atoms with Crippen LogP contribution in [0.3, 0.4) is 0 Å². The number of aliphatic imine (C=N–C) groups is 3. The van der Waals surface area contributed by atoms with Crippen molar-refractivity contribution in [2.45, 2.75) is 56.5 Å². The normalized spacial score (nSPS) is 24.9. The van der Waals surface area contributed by atoms with E-state index in [9.17, 15) is 31.1 Å². The summed E-state index contributed by atoms with van der Waals surface area (Å²) in [7, 11) is 0. The van der Waals surface area contributed by atoms with Crippen LogP contribution in [-0.4, -0.2) is 59.0 Å². The van der Waals surface area contributed by atoms with Gasteiger partial charge in [0, 0.05) is 31.5 Å². The lowest BCUT2D eigenvalue weighted by Crippen LogP contribution is -2.71. The Balaban J connectivity index is 2.02. The summed E-state index contributed by atoms with van der Waals surface area (Å²) < 4.78 is 87.9. The summed E-state index contributed by atoms with van der Waals surface area (Å²) in [6.07, 6.45) is -7.91. The molecule has 0 radical (unpaired) electrons. The Labute approximate surface area is 201 Å². The zero-order valence-electron chi connectivity index (χ0n) is 18.9. The fourth-order valence-electron chi connectivity index (χ4n) is 3.14. The van der Waals surface area contributed by atoms with Crippen LogP contribution in [0.5, 0.6) is 0 Å². The maximum absolute atomic E-state index is 14.2. The zero-order valence-corrected chi connectivity index (χ0v) is 18.9. The summed E-state index contributed by atoms with van der Waals surface area (Å²) in [5.74, 6) is -2.76. The molecule has 16 heteroatoms. The van der Waals surface area contributed by atoms with Crippen LogP contribution in [0, 0.1) is 0 Å². The second-order valence-corrected chi connectivity index (χ2v) is 7.71. The highest BCUT2D eigenvalue weighted by Crippen LogP contribution is 2.38. The molecule has 0 saturated carbocycles. The number of hydrogen-bond acceptors (Lipinski definition) is 9. The first-order valence-electron chi connectivity index (χ1n) is 10.5. The Morgan fingerprint density at radius 1 is 1.22 bits per heavy atom. The molecule has 0 fully saturated rings. The number of halogens is 6. The Kier molecular flexibility index (Phi) is 7.68. The number of anilines is 1. The van der Waals surface area contributed by atoms with Gasteiger partial charge in [0.2, 0.25) is 0 Å². The van der Waals surface area contributed by atoms with Crippen LogP contribution in [0.25, 0.3) is 0 Å². The molecule has 3 heterocycles. The van der Waals surface area contributed by atoms with Crippen molar-refractivity contribution >= 4 is 30.0 Å². The summed E-state index contributed by atoms with van der Waals surface area (Å²) in [6, 6.07) is 1.51. The molecule has 3 unspecified atom stereocenters. The lowest BCUT2D eigenvalue weighted by Gasteiger charge is -2.43. The second-order valence-electron chi connectivity index (χ2n) is 7.71. The molecule has 0 bridgehead atoms. The molecule has 36 heavy (non-hydrogen) atoms. The minimum Gasteiger partial charge on any atom is -0.375 e. The summed E-state index contributed by atoms with van der Waals surface area (Å²) >= 11 is 0. The summed E-state index contributed by atoms with van der Waals surface area (Å²) in [6.45, 7) is 2.22. The molecule has 1 aromatic heterocycles. The van der Waals surface area contributed by atoms with Gasteiger partial charge in [0.25, 0.3) is 5.91 Å². The van der Waals surface area contributed by atoms with Gasteiger partial charge >= 0.3 is 24.5 Å². The number of carbonyl (C=O) groups excluding carboxylic acids is 1. The Hall–Kier alpha value is -3.53. The number of aromatic nitrogens is 1. The summed E-state index contributed by atoms with van der Waals surface area (Å²) in [4.78, 5) is 27.6. The van der Waals surface area contributed by atoms with Gasteiger partial charge in [0.1, 0.15) is 23.2 Å². The maximum atomic E-state index is 14.2. The first-order valence-corrected chi connectivity index (χ1v) is 10.5. The van der Waals surface area contributed by atoms with E-state index in [4.69, 9.17) is 4.74 Å². The topological polar surface area (TPSA) is 124 Å². The van der Waals surface area contributed by atoms with Crippen molar-refractivity contribution in [3.05, 3.63) is 36.7 Å². The number of nitrogens with zero attached hydrogens (tertiary/aromatic N) is 4. The van der Waals surface area contributed by atoms with Gasteiger partial charge < -0.3 is 4.74 Å². The fourth-order valence-corrected chi connectivity index (χ4v) is 3.14. The van der Waals surface area contributed by atoms with Crippen LogP contribution in [-0.2, 0) is 4.74 Å². The minimum atomic E-state index is -4.99. The Morgan fingerprint density at radius 2 is 1.97 bits per heavy atom. The summed E-state index contributed by atoms with van der Waals surface area (Å²) in [5, 5.41) is 8.82.